The SMILES string of the molecule is CC(C)CCCC(C)CCC1=C(O)c2ccccc2C(=O)C1=O. The number of carbonyl (C=O) groups excluding carboxylic acids is 2. The highest BCUT2D eigenvalue weighted by Gasteiger charge is 2.32. The molecule has 0 amide bonds. The number of aliphatic hydroxyl groups is 1. The Morgan fingerprint density at radius 3 is 2.22 bits per heavy atom. The lowest BCUT2D eigenvalue weighted by Crippen LogP contribution is -2.24. The minimum Gasteiger partial charge on any atom is -0.507 e. The van der Waals surface area contributed by atoms with Crippen molar-refractivity contribution < 1.29 is 14.7 Å². The zero-order valence-electron chi connectivity index (χ0n) is 14.3. The van der Waals surface area contributed by atoms with Crippen LogP contribution in [0.1, 0.15) is 68.8 Å². The highest BCUT2D eigenvalue weighted by atomic mass is 16.3. The average Bonchev–Trinajstić information content (AvgIpc) is 2.52. The number of rotatable bonds is 7. The molecular formula is C20H26O3. The number of carbonyl (C=O) groups is 2. The lowest BCUT2D eigenvalue weighted by Gasteiger charge is -2.19. The summed E-state index contributed by atoms with van der Waals surface area (Å²) in [5.41, 5.74) is 1.08. The molecule has 0 fully saturated rings. The van der Waals surface area contributed by atoms with Gasteiger partial charge in [-0.05, 0) is 24.7 Å². The predicted molar refractivity (Wildman–Crippen MR) is 92.4 cm³/mol. The third-order valence-electron chi connectivity index (χ3n) is 4.56. The average molecular weight is 314 g/mol. The van der Waals surface area contributed by atoms with Crippen molar-refractivity contribution in [3.8, 4) is 0 Å². The molecule has 2 rings (SSSR count). The molecule has 0 heterocycles. The van der Waals surface area contributed by atoms with Crippen LogP contribution in [0.15, 0.2) is 29.8 Å². The number of Topliss-reactive ketones (excluding diaryl/α,β-unsaturated/α-hetero) is 2. The predicted octanol–water partition coefficient (Wildman–Crippen LogP) is 4.96. The maximum Gasteiger partial charge on any atom is 0.234 e. The van der Waals surface area contributed by atoms with Gasteiger partial charge in [0.05, 0.1) is 0 Å². The zero-order chi connectivity index (χ0) is 17.0. The number of aliphatic hydroxyl groups excluding tert-OH is 1. The molecule has 1 aromatic rings. The number of allylic oxidation sites excluding steroid dienone is 1. The van der Waals surface area contributed by atoms with Gasteiger partial charge in [0.2, 0.25) is 11.6 Å². The second kappa shape index (κ2) is 7.58. The fraction of sp³-hybridized carbons (Fsp3) is 0.500. The minimum atomic E-state index is -0.546. The van der Waals surface area contributed by atoms with Crippen LogP contribution < -0.4 is 0 Å². The van der Waals surface area contributed by atoms with Gasteiger partial charge in [-0.25, -0.2) is 0 Å². The van der Waals surface area contributed by atoms with Gasteiger partial charge in [0.25, 0.3) is 0 Å². The van der Waals surface area contributed by atoms with E-state index in [1.54, 1.807) is 24.3 Å². The number of fused-ring (bicyclic) bond motifs is 1. The summed E-state index contributed by atoms with van der Waals surface area (Å²) in [5.74, 6) is 0.133. The van der Waals surface area contributed by atoms with Gasteiger partial charge >= 0.3 is 0 Å². The summed E-state index contributed by atoms with van der Waals surface area (Å²) in [5, 5.41) is 10.4. The lowest BCUT2D eigenvalue weighted by atomic mass is 9.85. The molecule has 0 aliphatic heterocycles. The molecule has 0 spiro atoms. The molecule has 1 aromatic carbocycles. The van der Waals surface area contributed by atoms with Crippen LogP contribution >= 0.6 is 0 Å². The van der Waals surface area contributed by atoms with Gasteiger partial charge in [0, 0.05) is 16.7 Å². The van der Waals surface area contributed by atoms with Crippen LogP contribution in [-0.2, 0) is 4.79 Å². The Balaban J connectivity index is 2.04. The fourth-order valence-corrected chi connectivity index (χ4v) is 3.06. The Morgan fingerprint density at radius 2 is 1.57 bits per heavy atom. The third kappa shape index (κ3) is 4.10. The zero-order valence-corrected chi connectivity index (χ0v) is 14.3. The van der Waals surface area contributed by atoms with Gasteiger partial charge in [-0.1, -0.05) is 64.3 Å². The van der Waals surface area contributed by atoms with E-state index in [0.29, 0.717) is 29.4 Å². The Bertz CT molecular complexity index is 626. The van der Waals surface area contributed by atoms with Crippen molar-refractivity contribution >= 4 is 17.3 Å². The van der Waals surface area contributed by atoms with Crippen molar-refractivity contribution in [2.45, 2.75) is 52.9 Å². The highest BCUT2D eigenvalue weighted by Crippen LogP contribution is 2.31. The molecule has 0 saturated heterocycles. The molecule has 0 saturated carbocycles. The van der Waals surface area contributed by atoms with E-state index in [4.69, 9.17) is 0 Å². The van der Waals surface area contributed by atoms with Crippen LogP contribution in [0.4, 0.5) is 0 Å². The van der Waals surface area contributed by atoms with Crippen molar-refractivity contribution in [2.24, 2.45) is 11.8 Å². The second-order valence-electron chi connectivity index (χ2n) is 7.00. The van der Waals surface area contributed by atoms with Crippen molar-refractivity contribution in [1.82, 2.24) is 0 Å². The van der Waals surface area contributed by atoms with Crippen molar-refractivity contribution in [3.05, 3.63) is 41.0 Å². The summed E-state index contributed by atoms with van der Waals surface area (Å²) < 4.78 is 0. The number of benzene rings is 1. The smallest absolute Gasteiger partial charge is 0.234 e. The van der Waals surface area contributed by atoms with E-state index >= 15 is 0 Å². The van der Waals surface area contributed by atoms with E-state index in [9.17, 15) is 14.7 Å². The summed E-state index contributed by atoms with van der Waals surface area (Å²) in [4.78, 5) is 24.4. The molecule has 124 valence electrons. The minimum absolute atomic E-state index is 0.0143. The number of hydrogen-bond acceptors (Lipinski definition) is 3. The third-order valence-corrected chi connectivity index (χ3v) is 4.56. The second-order valence-corrected chi connectivity index (χ2v) is 7.00. The van der Waals surface area contributed by atoms with E-state index < -0.39 is 11.6 Å². The van der Waals surface area contributed by atoms with E-state index in [1.807, 2.05) is 0 Å². The monoisotopic (exact) mass is 314 g/mol. The fourth-order valence-electron chi connectivity index (χ4n) is 3.06. The van der Waals surface area contributed by atoms with E-state index in [0.717, 1.165) is 12.8 Å². The van der Waals surface area contributed by atoms with E-state index in [2.05, 4.69) is 20.8 Å². The first-order chi connectivity index (χ1) is 10.9. The quantitative estimate of drug-likeness (QED) is 0.723. The summed E-state index contributed by atoms with van der Waals surface area (Å²) in [7, 11) is 0. The number of ketones is 2. The van der Waals surface area contributed by atoms with Crippen LogP contribution in [0, 0.1) is 11.8 Å². The molecule has 1 aliphatic carbocycles. The standard InChI is InChI=1S/C20H26O3/c1-13(2)7-6-8-14(3)11-12-17-18(21)15-9-4-5-10-16(15)19(22)20(17)23/h4-5,9-10,13-14,21H,6-8,11-12H2,1-3H3. The molecule has 1 unspecified atom stereocenters. The van der Waals surface area contributed by atoms with Crippen LogP contribution in [-0.4, -0.2) is 16.7 Å². The van der Waals surface area contributed by atoms with Gasteiger partial charge in [-0.3, -0.25) is 9.59 Å². The molecule has 0 radical (unpaired) electrons. The summed E-state index contributed by atoms with van der Waals surface area (Å²) in [6, 6.07) is 6.77. The van der Waals surface area contributed by atoms with Gasteiger partial charge in [-0.2, -0.15) is 0 Å². The molecule has 0 bridgehead atoms. The summed E-state index contributed by atoms with van der Waals surface area (Å²) in [6.07, 6.45) is 4.79. The van der Waals surface area contributed by atoms with Gasteiger partial charge in [0.15, 0.2) is 0 Å². The van der Waals surface area contributed by atoms with E-state index in [1.165, 1.54) is 12.8 Å². The highest BCUT2D eigenvalue weighted by molar-refractivity contribution is 6.52. The van der Waals surface area contributed by atoms with Crippen molar-refractivity contribution in [2.75, 3.05) is 0 Å². The van der Waals surface area contributed by atoms with E-state index in [-0.39, 0.29) is 11.3 Å². The normalized spacial score (nSPS) is 16.0. The Kier molecular flexibility index (Phi) is 5.75. The first-order valence-corrected chi connectivity index (χ1v) is 8.52. The van der Waals surface area contributed by atoms with Gasteiger partial charge < -0.3 is 5.11 Å². The Labute approximate surface area is 138 Å². The van der Waals surface area contributed by atoms with Crippen molar-refractivity contribution in [1.29, 1.82) is 0 Å². The molecule has 0 aromatic heterocycles. The molecule has 23 heavy (non-hydrogen) atoms. The first kappa shape index (κ1) is 17.5. The molecular weight excluding hydrogens is 288 g/mol. The van der Waals surface area contributed by atoms with Crippen molar-refractivity contribution in [3.63, 3.8) is 0 Å². The lowest BCUT2D eigenvalue weighted by molar-refractivity contribution is -0.112. The van der Waals surface area contributed by atoms with Gasteiger partial charge in [-0.15, -0.1) is 0 Å². The Morgan fingerprint density at radius 1 is 0.913 bits per heavy atom. The summed E-state index contributed by atoms with van der Waals surface area (Å²) in [6.45, 7) is 6.61. The van der Waals surface area contributed by atoms with Crippen LogP contribution in [0.3, 0.4) is 0 Å². The summed E-state index contributed by atoms with van der Waals surface area (Å²) >= 11 is 0. The first-order valence-electron chi connectivity index (χ1n) is 8.52. The topological polar surface area (TPSA) is 54.4 Å². The van der Waals surface area contributed by atoms with Crippen LogP contribution in [0.25, 0.3) is 5.76 Å². The maximum absolute atomic E-state index is 12.2. The van der Waals surface area contributed by atoms with Crippen LogP contribution in [0.2, 0.25) is 0 Å². The molecule has 1 atom stereocenters. The van der Waals surface area contributed by atoms with Gasteiger partial charge in [0.1, 0.15) is 5.76 Å². The largest absolute Gasteiger partial charge is 0.507 e. The number of hydrogen-bond donors (Lipinski definition) is 1. The molecule has 3 nitrogen and oxygen atoms in total. The van der Waals surface area contributed by atoms with Crippen LogP contribution in [0.5, 0.6) is 0 Å². The molecule has 1 aliphatic rings. The Hall–Kier alpha value is -1.90. The maximum atomic E-state index is 12.2. The molecule has 3 heteroatoms. The molecule has 1 N–H and O–H groups in total.